The maximum atomic E-state index is 14.1. The van der Waals surface area contributed by atoms with E-state index in [1.165, 1.54) is 5.56 Å². The molecule has 7 heteroatoms. The Kier molecular flexibility index (Phi) is 5.65. The monoisotopic (exact) mass is 460 g/mol. The van der Waals surface area contributed by atoms with E-state index in [9.17, 15) is 4.79 Å². The first-order valence-corrected chi connectivity index (χ1v) is 12.3. The van der Waals surface area contributed by atoms with Gasteiger partial charge < -0.3 is 18.9 Å². The SMILES string of the molecule is [B]c1cc2c(cc1OC)CCn1c3c(c(-c4cccs4)c1-2)COCCCN(C(C)(C)C)C3=O. The van der Waals surface area contributed by atoms with Gasteiger partial charge in [0.15, 0.2) is 0 Å². The van der Waals surface area contributed by atoms with Crippen LogP contribution in [0.1, 0.15) is 48.8 Å². The Morgan fingerprint density at radius 2 is 2.00 bits per heavy atom. The molecule has 0 saturated heterocycles. The topological polar surface area (TPSA) is 43.7 Å². The van der Waals surface area contributed by atoms with Crippen LogP contribution in [0, 0.1) is 0 Å². The summed E-state index contributed by atoms with van der Waals surface area (Å²) in [4.78, 5) is 17.3. The van der Waals surface area contributed by atoms with Crippen LogP contribution in [0.3, 0.4) is 0 Å². The number of amides is 1. The van der Waals surface area contributed by atoms with Crippen molar-refractivity contribution in [2.75, 3.05) is 20.3 Å². The van der Waals surface area contributed by atoms with Crippen molar-refractivity contribution in [2.24, 2.45) is 0 Å². The number of carbonyl (C=O) groups excluding carboxylic acids is 1. The zero-order valence-corrected chi connectivity index (χ0v) is 20.6. The van der Waals surface area contributed by atoms with Gasteiger partial charge in [0, 0.05) is 46.8 Å². The van der Waals surface area contributed by atoms with Crippen LogP contribution in [0.25, 0.3) is 21.7 Å². The molecule has 2 aliphatic heterocycles. The van der Waals surface area contributed by atoms with E-state index in [0.717, 1.165) is 52.3 Å². The summed E-state index contributed by atoms with van der Waals surface area (Å²) in [6.45, 7) is 8.77. The van der Waals surface area contributed by atoms with Crippen LogP contribution in [0.4, 0.5) is 0 Å². The lowest BCUT2D eigenvalue weighted by molar-refractivity contribution is 0.0544. The molecule has 0 bridgehead atoms. The van der Waals surface area contributed by atoms with Crippen LogP contribution in [0.2, 0.25) is 0 Å². The highest BCUT2D eigenvalue weighted by molar-refractivity contribution is 7.13. The van der Waals surface area contributed by atoms with Crippen molar-refractivity contribution in [2.45, 2.75) is 52.3 Å². The molecule has 0 unspecified atom stereocenters. The van der Waals surface area contributed by atoms with E-state index >= 15 is 0 Å². The van der Waals surface area contributed by atoms with Crippen LogP contribution < -0.4 is 10.2 Å². The third-order valence-electron chi connectivity index (χ3n) is 6.62. The Morgan fingerprint density at radius 1 is 1.18 bits per heavy atom. The predicted molar refractivity (Wildman–Crippen MR) is 134 cm³/mol. The second-order valence-electron chi connectivity index (χ2n) is 9.71. The van der Waals surface area contributed by atoms with Gasteiger partial charge in [0.2, 0.25) is 0 Å². The Labute approximate surface area is 200 Å². The summed E-state index contributed by atoms with van der Waals surface area (Å²) in [6, 6.07) is 8.23. The molecule has 3 aromatic rings. The number of benzene rings is 1. The summed E-state index contributed by atoms with van der Waals surface area (Å²) in [5, 5.41) is 2.08. The first kappa shape index (κ1) is 22.3. The molecule has 0 aliphatic carbocycles. The van der Waals surface area contributed by atoms with Crippen molar-refractivity contribution in [3.63, 3.8) is 0 Å². The van der Waals surface area contributed by atoms with Crippen LogP contribution in [-0.2, 0) is 24.3 Å². The van der Waals surface area contributed by atoms with Crippen molar-refractivity contribution in [1.82, 2.24) is 9.47 Å². The first-order chi connectivity index (χ1) is 15.8. The normalized spacial score (nSPS) is 16.4. The number of aryl methyl sites for hydroxylation is 1. The molecule has 2 aliphatic rings. The van der Waals surface area contributed by atoms with E-state index in [1.54, 1.807) is 18.4 Å². The molecular formula is C26H29BN2O3S. The van der Waals surface area contributed by atoms with Crippen molar-refractivity contribution in [3.05, 3.63) is 46.5 Å². The van der Waals surface area contributed by atoms with Gasteiger partial charge in [-0.3, -0.25) is 4.79 Å². The van der Waals surface area contributed by atoms with E-state index < -0.39 is 0 Å². The van der Waals surface area contributed by atoms with Crippen molar-refractivity contribution in [1.29, 1.82) is 0 Å². The number of aromatic nitrogens is 1. The lowest BCUT2D eigenvalue weighted by atomic mass is 9.86. The Bertz CT molecular complexity index is 1210. The Hall–Kier alpha value is -2.51. The summed E-state index contributed by atoms with van der Waals surface area (Å²) in [5.74, 6) is 0.775. The van der Waals surface area contributed by atoms with E-state index in [2.05, 4.69) is 42.9 Å². The summed E-state index contributed by atoms with van der Waals surface area (Å²) in [5.41, 5.74) is 6.47. The quantitative estimate of drug-likeness (QED) is 0.533. The fourth-order valence-electron chi connectivity index (χ4n) is 5.09. The fourth-order valence-corrected chi connectivity index (χ4v) is 5.89. The maximum absolute atomic E-state index is 14.1. The zero-order chi connectivity index (χ0) is 23.3. The number of rotatable bonds is 2. The smallest absolute Gasteiger partial charge is 0.271 e. The van der Waals surface area contributed by atoms with Gasteiger partial charge in [0.25, 0.3) is 5.91 Å². The average Bonchev–Trinajstić information content (AvgIpc) is 3.40. The molecule has 1 amide bonds. The van der Waals surface area contributed by atoms with Gasteiger partial charge in [-0.1, -0.05) is 17.6 Å². The van der Waals surface area contributed by atoms with Crippen molar-refractivity contribution < 1.29 is 14.3 Å². The van der Waals surface area contributed by atoms with Gasteiger partial charge in [-0.05, 0) is 56.7 Å². The standard InChI is InChI=1S/C26H29BN2O3S/c1-26(2,3)29-9-6-11-32-15-18-22(21-7-5-12-33-21)23-17-14-19(27)20(31-4)13-16(17)8-10-28(23)24(18)25(29)30/h5,7,12-14H,6,8-11,15H2,1-4H3. The minimum atomic E-state index is -0.281. The minimum absolute atomic E-state index is 0.0805. The largest absolute Gasteiger partial charge is 0.497 e. The summed E-state index contributed by atoms with van der Waals surface area (Å²) in [7, 11) is 7.99. The third kappa shape index (κ3) is 3.71. The number of nitrogens with zero attached hydrogens (tertiary/aromatic N) is 2. The molecule has 2 aromatic heterocycles. The molecule has 33 heavy (non-hydrogen) atoms. The average molecular weight is 460 g/mol. The summed E-state index contributed by atoms with van der Waals surface area (Å²) < 4.78 is 13.8. The number of hydrogen-bond donors (Lipinski definition) is 0. The summed E-state index contributed by atoms with van der Waals surface area (Å²) >= 11 is 1.69. The van der Waals surface area contributed by atoms with Gasteiger partial charge >= 0.3 is 0 Å². The highest BCUT2D eigenvalue weighted by Gasteiger charge is 2.37. The van der Waals surface area contributed by atoms with Crippen LogP contribution in [0.5, 0.6) is 5.75 Å². The maximum Gasteiger partial charge on any atom is 0.271 e. The molecule has 5 rings (SSSR count). The Balaban J connectivity index is 1.82. The molecule has 2 radical (unpaired) electrons. The van der Waals surface area contributed by atoms with Crippen molar-refractivity contribution in [3.8, 4) is 27.4 Å². The molecule has 0 N–H and O–H groups in total. The van der Waals surface area contributed by atoms with Gasteiger partial charge in [0.05, 0.1) is 19.4 Å². The van der Waals surface area contributed by atoms with E-state index in [-0.39, 0.29) is 11.4 Å². The number of hydrogen-bond acceptors (Lipinski definition) is 4. The highest BCUT2D eigenvalue weighted by atomic mass is 32.1. The molecule has 0 spiro atoms. The predicted octanol–water partition coefficient (Wildman–Crippen LogP) is 4.40. The molecule has 1 aromatic carbocycles. The van der Waals surface area contributed by atoms with Gasteiger partial charge in [-0.25, -0.2) is 0 Å². The Morgan fingerprint density at radius 3 is 2.70 bits per heavy atom. The second kappa shape index (κ2) is 8.37. The van der Waals surface area contributed by atoms with Crippen LogP contribution in [0.15, 0.2) is 29.6 Å². The van der Waals surface area contributed by atoms with Gasteiger partial charge in [-0.15, -0.1) is 11.3 Å². The van der Waals surface area contributed by atoms with Gasteiger partial charge in [0.1, 0.15) is 19.3 Å². The van der Waals surface area contributed by atoms with Crippen molar-refractivity contribution >= 4 is 30.6 Å². The molecule has 4 heterocycles. The van der Waals surface area contributed by atoms with E-state index in [0.29, 0.717) is 31.0 Å². The van der Waals surface area contributed by atoms with Crippen LogP contribution >= 0.6 is 11.3 Å². The van der Waals surface area contributed by atoms with E-state index in [4.69, 9.17) is 17.3 Å². The number of ether oxygens (including phenoxy) is 2. The number of thiophene rings is 1. The number of carbonyl (C=O) groups is 1. The molecule has 0 saturated carbocycles. The molecular weight excluding hydrogens is 431 g/mol. The number of methoxy groups -OCH3 is 1. The fraction of sp³-hybridized carbons (Fsp3) is 0.423. The minimum Gasteiger partial charge on any atom is -0.497 e. The van der Waals surface area contributed by atoms with Gasteiger partial charge in [-0.2, -0.15) is 0 Å². The molecule has 0 fully saturated rings. The lowest BCUT2D eigenvalue weighted by Crippen LogP contribution is -2.47. The number of fused-ring (bicyclic) bond motifs is 5. The second-order valence-corrected chi connectivity index (χ2v) is 10.7. The first-order valence-electron chi connectivity index (χ1n) is 11.5. The lowest BCUT2D eigenvalue weighted by Gasteiger charge is -2.36. The summed E-state index contributed by atoms with van der Waals surface area (Å²) in [6.07, 6.45) is 1.64. The molecule has 5 nitrogen and oxygen atoms in total. The highest BCUT2D eigenvalue weighted by Crippen LogP contribution is 2.46. The third-order valence-corrected chi connectivity index (χ3v) is 7.51. The molecule has 170 valence electrons. The molecule has 0 atom stereocenters. The van der Waals surface area contributed by atoms with E-state index in [1.807, 2.05) is 17.0 Å². The zero-order valence-electron chi connectivity index (χ0n) is 19.7. The van der Waals surface area contributed by atoms with Crippen LogP contribution in [-0.4, -0.2) is 49.0 Å².